The molecule has 1 fully saturated rings. The standard InChI is InChI=1S/C25H26N4O3/c1-2-22(30)26-21-12-6-10-19(16-21)24-27-25(32-28-24)20-11-7-15-29(17-20)23(31)14-13-18-8-4-3-5-9-18/h3-6,8-10,12-14,16,20H,2,7,11,15,17H2,1H3,(H,26,30)/b14-13+. The van der Waals surface area contributed by atoms with Crippen molar-refractivity contribution in [1.82, 2.24) is 15.0 Å². The third-order valence-electron chi connectivity index (χ3n) is 5.47. The Balaban J connectivity index is 1.43. The predicted octanol–water partition coefficient (Wildman–Crippen LogP) is 4.50. The minimum Gasteiger partial charge on any atom is -0.339 e. The van der Waals surface area contributed by atoms with Crippen molar-refractivity contribution in [2.75, 3.05) is 18.4 Å². The van der Waals surface area contributed by atoms with Crippen LogP contribution in [0.5, 0.6) is 0 Å². The zero-order valence-corrected chi connectivity index (χ0v) is 18.0. The summed E-state index contributed by atoms with van der Waals surface area (Å²) in [6.07, 6.45) is 5.63. The van der Waals surface area contributed by atoms with E-state index in [0.29, 0.717) is 36.9 Å². The third kappa shape index (κ3) is 5.29. The number of aromatic nitrogens is 2. The van der Waals surface area contributed by atoms with E-state index in [1.807, 2.05) is 65.6 Å². The van der Waals surface area contributed by atoms with E-state index >= 15 is 0 Å². The minimum absolute atomic E-state index is 0.00190. The number of hydrogen-bond acceptors (Lipinski definition) is 5. The summed E-state index contributed by atoms with van der Waals surface area (Å²) in [5, 5.41) is 6.97. The van der Waals surface area contributed by atoms with Crippen molar-refractivity contribution in [3.63, 3.8) is 0 Å². The van der Waals surface area contributed by atoms with E-state index in [4.69, 9.17) is 4.52 Å². The summed E-state index contributed by atoms with van der Waals surface area (Å²) in [6, 6.07) is 17.1. The Bertz CT molecular complexity index is 1110. The van der Waals surface area contributed by atoms with Crippen LogP contribution in [0, 0.1) is 0 Å². The largest absolute Gasteiger partial charge is 0.339 e. The predicted molar refractivity (Wildman–Crippen MR) is 123 cm³/mol. The Morgan fingerprint density at radius 3 is 2.84 bits per heavy atom. The first-order chi connectivity index (χ1) is 15.6. The van der Waals surface area contributed by atoms with Gasteiger partial charge in [0.1, 0.15) is 0 Å². The van der Waals surface area contributed by atoms with Crippen molar-refractivity contribution in [2.24, 2.45) is 0 Å². The molecule has 4 rings (SSSR count). The number of benzene rings is 2. The molecule has 2 aromatic carbocycles. The van der Waals surface area contributed by atoms with Crippen LogP contribution >= 0.6 is 0 Å². The summed E-state index contributed by atoms with van der Waals surface area (Å²) in [7, 11) is 0. The third-order valence-corrected chi connectivity index (χ3v) is 5.47. The quantitative estimate of drug-likeness (QED) is 0.582. The fourth-order valence-corrected chi connectivity index (χ4v) is 3.72. The van der Waals surface area contributed by atoms with E-state index in [9.17, 15) is 9.59 Å². The lowest BCUT2D eigenvalue weighted by molar-refractivity contribution is -0.127. The van der Waals surface area contributed by atoms with Crippen molar-refractivity contribution in [3.8, 4) is 11.4 Å². The van der Waals surface area contributed by atoms with E-state index < -0.39 is 0 Å². The molecule has 1 aliphatic rings. The molecule has 2 heterocycles. The van der Waals surface area contributed by atoms with E-state index in [-0.39, 0.29) is 17.7 Å². The molecule has 0 aliphatic carbocycles. The van der Waals surface area contributed by atoms with E-state index in [0.717, 1.165) is 24.0 Å². The highest BCUT2D eigenvalue weighted by Gasteiger charge is 2.28. The number of piperidine rings is 1. The van der Waals surface area contributed by atoms with Crippen LogP contribution in [-0.4, -0.2) is 39.9 Å². The SMILES string of the molecule is CCC(=O)Nc1cccc(-c2noc(C3CCCN(C(=O)/C=C/c4ccccc4)C3)n2)c1. The highest BCUT2D eigenvalue weighted by Crippen LogP contribution is 2.28. The van der Waals surface area contributed by atoms with Gasteiger partial charge in [-0.15, -0.1) is 0 Å². The lowest BCUT2D eigenvalue weighted by Gasteiger charge is -2.30. The van der Waals surface area contributed by atoms with Gasteiger partial charge in [0.15, 0.2) is 0 Å². The van der Waals surface area contributed by atoms with Gasteiger partial charge in [0.25, 0.3) is 0 Å². The van der Waals surface area contributed by atoms with Crippen LogP contribution in [0.15, 0.2) is 65.2 Å². The maximum Gasteiger partial charge on any atom is 0.246 e. The second-order valence-electron chi connectivity index (χ2n) is 7.81. The fourth-order valence-electron chi connectivity index (χ4n) is 3.72. The van der Waals surface area contributed by atoms with Crippen LogP contribution in [-0.2, 0) is 9.59 Å². The molecule has 0 saturated carbocycles. The van der Waals surface area contributed by atoms with Crippen LogP contribution < -0.4 is 5.32 Å². The average Bonchev–Trinajstić information content (AvgIpc) is 3.34. The molecular formula is C25H26N4O3. The number of nitrogens with one attached hydrogen (secondary N) is 1. The van der Waals surface area contributed by atoms with Gasteiger partial charge in [-0.25, -0.2) is 0 Å². The molecule has 1 atom stereocenters. The van der Waals surface area contributed by atoms with Gasteiger partial charge in [-0.05, 0) is 36.6 Å². The zero-order chi connectivity index (χ0) is 22.3. The molecular weight excluding hydrogens is 404 g/mol. The molecule has 1 N–H and O–H groups in total. The molecule has 3 aromatic rings. The van der Waals surface area contributed by atoms with Gasteiger partial charge in [0, 0.05) is 36.8 Å². The number of carbonyl (C=O) groups excluding carboxylic acids is 2. The summed E-state index contributed by atoms with van der Waals surface area (Å²) < 4.78 is 5.55. The molecule has 1 unspecified atom stereocenters. The molecule has 1 aliphatic heterocycles. The van der Waals surface area contributed by atoms with Gasteiger partial charge < -0.3 is 14.7 Å². The molecule has 7 nitrogen and oxygen atoms in total. The number of likely N-dealkylation sites (tertiary alicyclic amines) is 1. The minimum atomic E-state index is -0.0516. The van der Waals surface area contributed by atoms with Crippen LogP contribution in [0.3, 0.4) is 0 Å². The maximum atomic E-state index is 12.7. The van der Waals surface area contributed by atoms with E-state index in [1.54, 1.807) is 13.0 Å². The number of nitrogens with zero attached hydrogens (tertiary/aromatic N) is 3. The van der Waals surface area contributed by atoms with Gasteiger partial charge in [-0.1, -0.05) is 54.5 Å². The average molecular weight is 431 g/mol. The first kappa shape index (κ1) is 21.5. The van der Waals surface area contributed by atoms with Crippen molar-refractivity contribution < 1.29 is 14.1 Å². The Hall–Kier alpha value is -3.74. The smallest absolute Gasteiger partial charge is 0.246 e. The number of anilines is 1. The highest BCUT2D eigenvalue weighted by molar-refractivity contribution is 5.92. The van der Waals surface area contributed by atoms with Crippen LogP contribution in [0.4, 0.5) is 5.69 Å². The van der Waals surface area contributed by atoms with Crippen LogP contribution in [0.1, 0.15) is 43.6 Å². The van der Waals surface area contributed by atoms with Gasteiger partial charge >= 0.3 is 0 Å². The summed E-state index contributed by atoms with van der Waals surface area (Å²) >= 11 is 0. The summed E-state index contributed by atoms with van der Waals surface area (Å²) in [6.45, 7) is 3.07. The second kappa shape index (κ2) is 10.0. The second-order valence-corrected chi connectivity index (χ2v) is 7.81. The monoisotopic (exact) mass is 430 g/mol. The van der Waals surface area contributed by atoms with Crippen molar-refractivity contribution in [1.29, 1.82) is 0 Å². The van der Waals surface area contributed by atoms with Gasteiger partial charge in [0.05, 0.1) is 5.92 Å². The van der Waals surface area contributed by atoms with Crippen molar-refractivity contribution in [2.45, 2.75) is 32.1 Å². The molecule has 7 heteroatoms. The Kier molecular flexibility index (Phi) is 6.75. The van der Waals surface area contributed by atoms with Gasteiger partial charge in [-0.3, -0.25) is 9.59 Å². The molecule has 0 bridgehead atoms. The summed E-state index contributed by atoms with van der Waals surface area (Å²) in [4.78, 5) is 30.7. The van der Waals surface area contributed by atoms with Crippen molar-refractivity contribution >= 4 is 23.6 Å². The number of carbonyl (C=O) groups is 2. The molecule has 1 saturated heterocycles. The first-order valence-electron chi connectivity index (χ1n) is 10.9. The zero-order valence-electron chi connectivity index (χ0n) is 18.0. The van der Waals surface area contributed by atoms with E-state index in [1.165, 1.54) is 0 Å². The molecule has 2 amide bonds. The molecule has 1 aromatic heterocycles. The van der Waals surface area contributed by atoms with Gasteiger partial charge in [-0.2, -0.15) is 4.98 Å². The topological polar surface area (TPSA) is 88.3 Å². The lowest BCUT2D eigenvalue weighted by Crippen LogP contribution is -2.38. The van der Waals surface area contributed by atoms with Crippen LogP contribution in [0.2, 0.25) is 0 Å². The van der Waals surface area contributed by atoms with Crippen LogP contribution in [0.25, 0.3) is 17.5 Å². The van der Waals surface area contributed by atoms with Crippen molar-refractivity contribution in [3.05, 3.63) is 72.1 Å². The first-order valence-corrected chi connectivity index (χ1v) is 10.9. The molecule has 0 spiro atoms. The fraction of sp³-hybridized carbons (Fsp3) is 0.280. The molecule has 164 valence electrons. The summed E-state index contributed by atoms with van der Waals surface area (Å²) in [5.41, 5.74) is 2.46. The van der Waals surface area contributed by atoms with Gasteiger partial charge in [0.2, 0.25) is 23.5 Å². The molecule has 32 heavy (non-hydrogen) atoms. The number of rotatable bonds is 6. The Morgan fingerprint density at radius 1 is 1.19 bits per heavy atom. The normalized spacial score (nSPS) is 16.3. The number of amides is 2. The number of hydrogen-bond donors (Lipinski definition) is 1. The van der Waals surface area contributed by atoms with E-state index in [2.05, 4.69) is 15.5 Å². The Labute approximate surface area is 187 Å². The molecule has 0 radical (unpaired) electrons. The Morgan fingerprint density at radius 2 is 2.03 bits per heavy atom. The highest BCUT2D eigenvalue weighted by atomic mass is 16.5. The summed E-state index contributed by atoms with van der Waals surface area (Å²) in [5.74, 6) is 0.941. The lowest BCUT2D eigenvalue weighted by atomic mass is 9.98. The maximum absolute atomic E-state index is 12.7.